The summed E-state index contributed by atoms with van der Waals surface area (Å²) in [5, 5.41) is 4.59. The molecule has 0 N–H and O–H groups in total. The molecule has 0 amide bonds. The van der Waals surface area contributed by atoms with E-state index in [-0.39, 0.29) is 21.1 Å². The Kier molecular flexibility index (Phi) is 4.97. The molecule has 1 heterocycles. The van der Waals surface area contributed by atoms with Crippen molar-refractivity contribution in [3.05, 3.63) is 65.0 Å². The zero-order chi connectivity index (χ0) is 15.0. The Morgan fingerprint density at radius 3 is 2.27 bits per heavy atom. The van der Waals surface area contributed by atoms with E-state index < -0.39 is 0 Å². The first-order valence-electron chi connectivity index (χ1n) is 7.05. The van der Waals surface area contributed by atoms with Gasteiger partial charge in [0.25, 0.3) is 0 Å². The molecule has 0 bridgehead atoms. The van der Waals surface area contributed by atoms with Gasteiger partial charge in [-0.1, -0.05) is 17.7 Å². The van der Waals surface area contributed by atoms with Gasteiger partial charge in [-0.3, -0.25) is 9.67 Å². The fraction of sp³-hybridized carbons (Fsp3) is 0.222. The predicted molar refractivity (Wildman–Crippen MR) is 84.6 cm³/mol. The molecular formula is C18H18N3Pt-. The van der Waals surface area contributed by atoms with Crippen LogP contribution in [0.4, 0.5) is 0 Å². The van der Waals surface area contributed by atoms with Gasteiger partial charge in [0.05, 0.1) is 11.5 Å². The van der Waals surface area contributed by atoms with Crippen LogP contribution in [-0.2, 0) is 21.1 Å². The average Bonchev–Trinajstić information content (AvgIpc) is 2.80. The van der Waals surface area contributed by atoms with Crippen LogP contribution < -0.4 is 0 Å². The average molecular weight is 471 g/mol. The molecule has 0 fully saturated rings. The van der Waals surface area contributed by atoms with Crippen molar-refractivity contribution in [3.63, 3.8) is 0 Å². The summed E-state index contributed by atoms with van der Waals surface area (Å²) >= 11 is 0. The molecule has 3 rings (SSSR count). The third-order valence-electron chi connectivity index (χ3n) is 3.51. The number of rotatable bonds is 2. The van der Waals surface area contributed by atoms with Crippen LogP contribution in [-0.4, -0.2) is 14.8 Å². The predicted octanol–water partition coefficient (Wildman–Crippen LogP) is 3.97. The molecule has 22 heavy (non-hydrogen) atoms. The first-order chi connectivity index (χ1) is 10.1. The Morgan fingerprint density at radius 1 is 1.00 bits per heavy atom. The van der Waals surface area contributed by atoms with Crippen molar-refractivity contribution >= 4 is 0 Å². The fourth-order valence-electron chi connectivity index (χ4n) is 2.78. The van der Waals surface area contributed by atoms with Gasteiger partial charge in [0.1, 0.15) is 5.82 Å². The normalized spacial score (nSPS) is 10.4. The summed E-state index contributed by atoms with van der Waals surface area (Å²) in [7, 11) is 0. The molecule has 0 aliphatic rings. The summed E-state index contributed by atoms with van der Waals surface area (Å²) in [5.74, 6) is 1.60. The van der Waals surface area contributed by atoms with Crippen LogP contribution in [0, 0.1) is 33.8 Å². The molecule has 1 aromatic heterocycles. The van der Waals surface area contributed by atoms with Crippen LogP contribution in [0.1, 0.15) is 22.5 Å². The SMILES string of the molecule is Cc1cc(C)c(-n2nc(C)nc2-c2[c-]cccc2)c(C)c1.[Pt]. The Hall–Kier alpha value is -1.73. The summed E-state index contributed by atoms with van der Waals surface area (Å²) in [6, 6.07) is 15.5. The number of hydrogen-bond acceptors (Lipinski definition) is 2. The quantitative estimate of drug-likeness (QED) is 0.530. The first-order valence-corrected chi connectivity index (χ1v) is 7.05. The molecule has 3 nitrogen and oxygen atoms in total. The van der Waals surface area contributed by atoms with Crippen LogP contribution >= 0.6 is 0 Å². The first kappa shape index (κ1) is 16.6. The van der Waals surface area contributed by atoms with E-state index in [1.165, 1.54) is 16.7 Å². The molecule has 3 aromatic rings. The second kappa shape index (κ2) is 6.58. The Labute approximate surface area is 145 Å². The second-order valence-electron chi connectivity index (χ2n) is 5.42. The zero-order valence-electron chi connectivity index (χ0n) is 13.1. The van der Waals surface area contributed by atoms with E-state index in [1.54, 1.807) is 0 Å². The summed E-state index contributed by atoms with van der Waals surface area (Å²) in [4.78, 5) is 4.58. The van der Waals surface area contributed by atoms with Crippen LogP contribution in [0.15, 0.2) is 36.4 Å². The largest absolute Gasteiger partial charge is 0.262 e. The van der Waals surface area contributed by atoms with Gasteiger partial charge < -0.3 is 0 Å². The van der Waals surface area contributed by atoms with Crippen LogP contribution in [0.25, 0.3) is 17.1 Å². The molecule has 0 saturated carbocycles. The van der Waals surface area contributed by atoms with Crippen LogP contribution in [0.2, 0.25) is 0 Å². The van der Waals surface area contributed by atoms with Crippen molar-refractivity contribution in [1.82, 2.24) is 14.8 Å². The number of nitrogens with zero attached hydrogens (tertiary/aromatic N) is 3. The number of aromatic nitrogens is 3. The Bertz CT molecular complexity index is 768. The topological polar surface area (TPSA) is 30.7 Å². The number of aryl methyl sites for hydroxylation is 4. The van der Waals surface area contributed by atoms with Crippen molar-refractivity contribution in [3.8, 4) is 17.1 Å². The van der Waals surface area contributed by atoms with Crippen molar-refractivity contribution in [1.29, 1.82) is 0 Å². The minimum absolute atomic E-state index is 0. The van der Waals surface area contributed by atoms with E-state index >= 15 is 0 Å². The Balaban J connectivity index is 0.00000176. The molecule has 4 heteroatoms. The van der Waals surface area contributed by atoms with E-state index in [1.807, 2.05) is 35.9 Å². The third kappa shape index (κ3) is 3.05. The molecule has 0 radical (unpaired) electrons. The monoisotopic (exact) mass is 471 g/mol. The van der Waals surface area contributed by atoms with Gasteiger partial charge in [0.15, 0.2) is 0 Å². The van der Waals surface area contributed by atoms with Gasteiger partial charge in [0, 0.05) is 21.1 Å². The van der Waals surface area contributed by atoms with Gasteiger partial charge >= 0.3 is 0 Å². The minimum atomic E-state index is 0. The van der Waals surface area contributed by atoms with Gasteiger partial charge in [0.2, 0.25) is 0 Å². The van der Waals surface area contributed by atoms with Gasteiger partial charge in [-0.05, 0) is 38.8 Å². The molecule has 2 aromatic carbocycles. The van der Waals surface area contributed by atoms with Gasteiger partial charge in [-0.25, -0.2) is 0 Å². The van der Waals surface area contributed by atoms with Crippen molar-refractivity contribution in [2.45, 2.75) is 27.7 Å². The smallest absolute Gasteiger partial charge is 0.137 e. The van der Waals surface area contributed by atoms with Crippen LogP contribution in [0.3, 0.4) is 0 Å². The number of benzene rings is 2. The van der Waals surface area contributed by atoms with Crippen molar-refractivity contribution in [2.75, 3.05) is 0 Å². The maximum Gasteiger partial charge on any atom is 0.137 e. The minimum Gasteiger partial charge on any atom is -0.262 e. The molecule has 0 spiro atoms. The molecule has 0 saturated heterocycles. The van der Waals surface area contributed by atoms with Crippen molar-refractivity contribution in [2.24, 2.45) is 0 Å². The summed E-state index contributed by atoms with van der Waals surface area (Å²) in [6.45, 7) is 8.26. The fourth-order valence-corrected chi connectivity index (χ4v) is 2.78. The molecule has 0 aliphatic heterocycles. The summed E-state index contributed by atoms with van der Waals surface area (Å²) in [5.41, 5.74) is 5.73. The van der Waals surface area contributed by atoms with E-state index in [0.29, 0.717) is 0 Å². The second-order valence-corrected chi connectivity index (χ2v) is 5.42. The molecule has 0 atom stereocenters. The zero-order valence-corrected chi connectivity index (χ0v) is 15.4. The van der Waals surface area contributed by atoms with E-state index in [2.05, 4.69) is 49.1 Å². The molecule has 0 unspecified atom stereocenters. The molecular weight excluding hydrogens is 453 g/mol. The maximum atomic E-state index is 4.59. The van der Waals surface area contributed by atoms with E-state index in [9.17, 15) is 0 Å². The molecule has 0 aliphatic carbocycles. The van der Waals surface area contributed by atoms with Crippen LogP contribution in [0.5, 0.6) is 0 Å². The Morgan fingerprint density at radius 2 is 1.68 bits per heavy atom. The third-order valence-corrected chi connectivity index (χ3v) is 3.51. The van der Waals surface area contributed by atoms with E-state index in [0.717, 1.165) is 22.9 Å². The standard InChI is InChI=1S/C18H18N3.Pt/c1-12-10-13(2)17(14(3)11-12)21-18(19-15(4)20-21)16-8-6-5-7-9-16;/h5-8,10-11H,1-4H3;/q-1;. The maximum absolute atomic E-state index is 4.59. The van der Waals surface area contributed by atoms with Crippen molar-refractivity contribution < 1.29 is 21.1 Å². The van der Waals surface area contributed by atoms with E-state index in [4.69, 9.17) is 0 Å². The number of hydrogen-bond donors (Lipinski definition) is 0. The summed E-state index contributed by atoms with van der Waals surface area (Å²) < 4.78 is 1.94. The van der Waals surface area contributed by atoms with Gasteiger partial charge in [-0.2, -0.15) is 5.10 Å². The van der Waals surface area contributed by atoms with Gasteiger partial charge in [-0.15, -0.1) is 35.9 Å². The molecule has 116 valence electrons. The summed E-state index contributed by atoms with van der Waals surface area (Å²) in [6.07, 6.45) is 0.